The van der Waals surface area contributed by atoms with Crippen molar-refractivity contribution in [2.75, 3.05) is 19.8 Å². The fraction of sp³-hybridized carbons (Fsp3) is 0.293. The van der Waals surface area contributed by atoms with E-state index in [4.69, 9.17) is 116 Å². The number of hydrogen-bond acceptors (Lipinski definition) is 27. The van der Waals surface area contributed by atoms with Crippen molar-refractivity contribution in [2.45, 2.75) is 117 Å². The smallest absolute Gasteiger partial charge is 0.338 e. The Balaban J connectivity index is 1.12. The molecular weight excluding hydrogens is 1440 g/mol. The zero-order valence-electron chi connectivity index (χ0n) is 55.7. The Morgan fingerprint density at radius 3 is 0.914 bits per heavy atom. The summed E-state index contributed by atoms with van der Waals surface area (Å²) in [5, 5.41) is 8.85. The van der Waals surface area contributed by atoms with Crippen LogP contribution in [0.2, 0.25) is 0 Å². The van der Waals surface area contributed by atoms with Gasteiger partial charge in [0.1, 0.15) is 37.6 Å². The Morgan fingerprint density at radius 2 is 0.571 bits per heavy atom. The Labute approximate surface area is 614 Å². The number of carbonyl (C=O) groups is 10. The summed E-state index contributed by atoms with van der Waals surface area (Å²) in [5.41, 5.74) is -0.374. The van der Waals surface area contributed by atoms with Crippen LogP contribution in [0.1, 0.15) is 93.3 Å². The number of benzene rings is 7. The highest BCUT2D eigenvalue weighted by atomic mass is 35.6. The van der Waals surface area contributed by atoms with Gasteiger partial charge in [-0.25, -0.2) is 33.6 Å². The Bertz CT molecular complexity index is 4170. The second-order valence-electron chi connectivity index (χ2n) is 23.3. The topological polar surface area (TPSA) is 342 Å². The van der Waals surface area contributed by atoms with Crippen LogP contribution in [0.5, 0.6) is 0 Å². The second-order valence-corrected chi connectivity index (χ2v) is 25.6. The van der Waals surface area contributed by atoms with E-state index in [1.165, 1.54) is 158 Å². The molecule has 7 aromatic carbocycles. The van der Waals surface area contributed by atoms with Crippen molar-refractivity contribution < 1.29 is 124 Å². The van der Waals surface area contributed by atoms with Crippen LogP contribution in [0, 0.1) is 5.41 Å². The average Bonchev–Trinajstić information content (AvgIpc) is 0.756. The minimum absolute atomic E-state index is 0.0150. The van der Waals surface area contributed by atoms with Crippen LogP contribution in [-0.2, 0) is 90.2 Å². The van der Waals surface area contributed by atoms with Crippen molar-refractivity contribution in [3.8, 4) is 0 Å². The lowest BCUT2D eigenvalue weighted by molar-refractivity contribution is -0.359. The van der Waals surface area contributed by atoms with E-state index in [9.17, 15) is 47.9 Å². The lowest BCUT2D eigenvalue weighted by Crippen LogP contribution is -2.68. The van der Waals surface area contributed by atoms with Crippen molar-refractivity contribution in [1.29, 1.82) is 5.41 Å². The van der Waals surface area contributed by atoms with Crippen molar-refractivity contribution in [3.63, 3.8) is 0 Å². The first-order valence-electron chi connectivity index (χ1n) is 32.3. The Morgan fingerprint density at radius 1 is 0.305 bits per heavy atom. The predicted octanol–water partition coefficient (Wildman–Crippen LogP) is 9.56. The number of rotatable bonds is 25. The van der Waals surface area contributed by atoms with Crippen LogP contribution in [0.15, 0.2) is 212 Å². The van der Waals surface area contributed by atoms with E-state index in [1.807, 2.05) is 0 Å². The maximum absolute atomic E-state index is 14.8. The third kappa shape index (κ3) is 20.6. The van der Waals surface area contributed by atoms with E-state index >= 15 is 0 Å². The summed E-state index contributed by atoms with van der Waals surface area (Å²) in [5.74, 6) is -11.8. The van der Waals surface area contributed by atoms with Gasteiger partial charge in [-0.3, -0.25) is 19.8 Å². The number of carbonyl (C=O) groups excluding carboxylic acids is 10. The van der Waals surface area contributed by atoms with Gasteiger partial charge in [0.2, 0.25) is 12.2 Å². The largest absolute Gasteiger partial charge is 0.463 e. The molecule has 0 unspecified atom stereocenters. The summed E-state index contributed by atoms with van der Waals surface area (Å²) in [6, 6.07) is 52.1. The molecule has 27 nitrogen and oxygen atoms in total. The second kappa shape index (κ2) is 36.2. The molecule has 0 aliphatic carbocycles. The van der Waals surface area contributed by atoms with Crippen LogP contribution in [0.25, 0.3) is 0 Å². The van der Waals surface area contributed by atoms with Gasteiger partial charge in [0, 0.05) is 20.8 Å². The molecule has 10 rings (SSSR count). The number of ether oxygens (including phenoxy) is 16. The molecule has 7 aromatic rings. The highest BCUT2D eigenvalue weighted by molar-refractivity contribution is 6.76. The fourth-order valence-corrected chi connectivity index (χ4v) is 11.3. The third-order valence-electron chi connectivity index (χ3n) is 15.9. The van der Waals surface area contributed by atoms with Crippen molar-refractivity contribution in [1.82, 2.24) is 0 Å². The molecule has 105 heavy (non-hydrogen) atoms. The van der Waals surface area contributed by atoms with Gasteiger partial charge in [0.05, 0.1) is 45.6 Å². The first-order chi connectivity index (χ1) is 50.5. The van der Waals surface area contributed by atoms with E-state index in [2.05, 4.69) is 0 Å². The minimum atomic E-state index is -2.73. The van der Waals surface area contributed by atoms with Crippen LogP contribution < -0.4 is 0 Å². The van der Waals surface area contributed by atoms with E-state index in [0.717, 1.165) is 20.8 Å². The van der Waals surface area contributed by atoms with Gasteiger partial charge in [0.15, 0.2) is 61.4 Å². The molecule has 548 valence electrons. The quantitative estimate of drug-likeness (QED) is 0.0183. The first kappa shape index (κ1) is 77.0. The van der Waals surface area contributed by atoms with Crippen molar-refractivity contribution in [3.05, 3.63) is 251 Å². The molecule has 0 bridgehead atoms. The number of alkyl halides is 3. The lowest BCUT2D eigenvalue weighted by atomic mass is 9.95. The lowest BCUT2D eigenvalue weighted by Gasteiger charge is -2.49. The Hall–Kier alpha value is -10.6. The monoisotopic (exact) mass is 1500 g/mol. The van der Waals surface area contributed by atoms with Gasteiger partial charge in [0.25, 0.3) is 3.79 Å². The molecule has 3 saturated heterocycles. The fourth-order valence-electron chi connectivity index (χ4n) is 11.1. The summed E-state index contributed by atoms with van der Waals surface area (Å²) in [6.07, 6.45) is -30.8. The SMILES string of the molecule is CC(=O)OC[C@H]1O[C@@H](OC[C@H]2O[C@H](OC(=N)C(Cl)(Cl)Cl)[C@H](OC(C)=O)[C@@H](O[C@@H]3O[C@H](COC(=O)c4ccccc4)[C@@H](OC(=O)c4ccccc4)[C@H](OC(=O)c4ccccc4)[C@H]3OC(=O)c3ccccc3)[C@@H]2OC(C)=O)[C@H](OC(=O)c2ccccc2)[C@@H](OC(=O)c2ccccc2)[C@@H]1OC(=O)c1ccccc1. The van der Waals surface area contributed by atoms with Gasteiger partial charge in [-0.1, -0.05) is 162 Å². The zero-order chi connectivity index (χ0) is 74.7. The van der Waals surface area contributed by atoms with Crippen LogP contribution in [-0.4, -0.2) is 181 Å². The summed E-state index contributed by atoms with van der Waals surface area (Å²) >= 11 is 18.7. The van der Waals surface area contributed by atoms with Crippen molar-refractivity contribution >= 4 is 100 Å². The minimum Gasteiger partial charge on any atom is -0.463 e. The highest BCUT2D eigenvalue weighted by Gasteiger charge is 2.60. The van der Waals surface area contributed by atoms with Crippen LogP contribution in [0.3, 0.4) is 0 Å². The molecule has 3 aliphatic rings. The molecule has 15 atom stereocenters. The molecule has 3 aliphatic heterocycles. The van der Waals surface area contributed by atoms with Gasteiger partial charge in [-0.2, -0.15) is 0 Å². The number of hydrogen-bond donors (Lipinski definition) is 1. The van der Waals surface area contributed by atoms with E-state index < -0.39 is 181 Å². The zero-order valence-corrected chi connectivity index (χ0v) is 58.0. The maximum atomic E-state index is 14.8. The third-order valence-corrected chi connectivity index (χ3v) is 16.5. The average molecular weight is 1500 g/mol. The molecule has 1 N–H and O–H groups in total. The molecule has 3 heterocycles. The van der Waals surface area contributed by atoms with E-state index in [1.54, 1.807) is 54.6 Å². The summed E-state index contributed by atoms with van der Waals surface area (Å²) in [6.45, 7) is 0.204. The van der Waals surface area contributed by atoms with E-state index in [-0.39, 0.29) is 38.9 Å². The molecule has 0 saturated carbocycles. The number of nitrogens with one attached hydrogen (secondary N) is 1. The van der Waals surface area contributed by atoms with Gasteiger partial charge in [-0.05, 0) is 84.9 Å². The molecule has 30 heteroatoms. The molecule has 0 aromatic heterocycles. The molecule has 3 fully saturated rings. The van der Waals surface area contributed by atoms with Gasteiger partial charge in [-0.15, -0.1) is 0 Å². The van der Waals surface area contributed by atoms with E-state index in [0.29, 0.717) is 0 Å². The molecular formula is C75H66Cl3NO26. The number of esters is 10. The van der Waals surface area contributed by atoms with Crippen molar-refractivity contribution in [2.24, 2.45) is 0 Å². The first-order valence-corrected chi connectivity index (χ1v) is 33.4. The Kier molecular flexibility index (Phi) is 26.5. The summed E-state index contributed by atoms with van der Waals surface area (Å²) in [7, 11) is 0. The standard InChI is InChI=1S/C75H66Cl3NO26/c1-42(80)90-39-52-56(98-65(84)46-27-13-5-14-28-46)58(100-67(86)48-31-17-7-18-32-48)61(102-69(88)50-35-21-9-22-36-50)71(95-52)92-41-54-55(93-43(2)81)60(62(94-44(3)82)73(97-54)105-74(79)75(76,77)78)104-72-63(103-70(89)51-37-23-10-24-38-51)59(101-68(87)49-33-19-8-20-34-49)57(99-66(85)47-29-15-6-16-30-47)53(96-72)40-91-64(83)45-25-11-4-12-26-45/h4-38,52-63,71-73,79H,39-41H2,1-3H3/t52-,53-,54-,55-,56-,57-,58+,59+,60+,61-,62-,63-,71-,72+,73-/m1/s1. The number of halogens is 3. The molecule has 0 amide bonds. The van der Waals surface area contributed by atoms with Gasteiger partial charge >= 0.3 is 59.7 Å². The molecule has 0 spiro atoms. The predicted molar refractivity (Wildman–Crippen MR) is 364 cm³/mol. The maximum Gasteiger partial charge on any atom is 0.338 e. The normalized spacial score (nSPS) is 24.1. The highest BCUT2D eigenvalue weighted by Crippen LogP contribution is 2.40. The molecule has 0 radical (unpaired) electrons. The summed E-state index contributed by atoms with van der Waals surface area (Å²) < 4.78 is 96.9. The van der Waals surface area contributed by atoms with Gasteiger partial charge < -0.3 is 75.8 Å². The van der Waals surface area contributed by atoms with Crippen LogP contribution in [0.4, 0.5) is 0 Å². The summed E-state index contributed by atoms with van der Waals surface area (Å²) in [4.78, 5) is 141. The van der Waals surface area contributed by atoms with Crippen LogP contribution >= 0.6 is 34.8 Å².